The molecule has 2 heterocycles. The van der Waals surface area contributed by atoms with Gasteiger partial charge in [0.15, 0.2) is 0 Å². The smallest absolute Gasteiger partial charge is 0.142 e. The summed E-state index contributed by atoms with van der Waals surface area (Å²) in [4.78, 5) is 8.84. The number of benzene rings is 1. The van der Waals surface area contributed by atoms with Crippen LogP contribution in [0.15, 0.2) is 36.4 Å². The molecule has 2 aromatic heterocycles. The quantitative estimate of drug-likeness (QED) is 0.776. The SMILES string of the molecule is CC(C)c1nc2ccc(Nc3cccc(C#N)n3)cc2s1. The normalized spacial score (nSPS) is 10.8. The fourth-order valence-corrected chi connectivity index (χ4v) is 2.99. The third-order valence-electron chi connectivity index (χ3n) is 3.03. The second-order valence-corrected chi connectivity index (χ2v) is 6.10. The number of rotatable bonds is 3. The first kappa shape index (κ1) is 13.5. The summed E-state index contributed by atoms with van der Waals surface area (Å²) in [5, 5.41) is 13.2. The van der Waals surface area contributed by atoms with Gasteiger partial charge in [0.25, 0.3) is 0 Å². The lowest BCUT2D eigenvalue weighted by atomic mass is 10.2. The van der Waals surface area contributed by atoms with Gasteiger partial charge >= 0.3 is 0 Å². The minimum atomic E-state index is 0.404. The summed E-state index contributed by atoms with van der Waals surface area (Å²) in [5.41, 5.74) is 2.37. The average molecular weight is 294 g/mol. The summed E-state index contributed by atoms with van der Waals surface area (Å²) >= 11 is 1.71. The van der Waals surface area contributed by atoms with E-state index >= 15 is 0 Å². The van der Waals surface area contributed by atoms with Crippen molar-refractivity contribution in [1.82, 2.24) is 9.97 Å². The summed E-state index contributed by atoms with van der Waals surface area (Å²) in [6.45, 7) is 4.29. The van der Waals surface area contributed by atoms with E-state index in [2.05, 4.69) is 35.2 Å². The Balaban J connectivity index is 1.92. The second kappa shape index (κ2) is 5.51. The highest BCUT2D eigenvalue weighted by molar-refractivity contribution is 7.18. The zero-order valence-electron chi connectivity index (χ0n) is 11.8. The zero-order valence-corrected chi connectivity index (χ0v) is 12.6. The first-order valence-corrected chi connectivity index (χ1v) is 7.52. The van der Waals surface area contributed by atoms with E-state index in [4.69, 9.17) is 5.26 Å². The maximum absolute atomic E-state index is 8.88. The molecule has 0 atom stereocenters. The van der Waals surface area contributed by atoms with Crippen LogP contribution in [-0.2, 0) is 0 Å². The summed E-state index contributed by atoms with van der Waals surface area (Å²) in [6, 6.07) is 13.4. The van der Waals surface area contributed by atoms with Gasteiger partial charge in [-0.25, -0.2) is 9.97 Å². The van der Waals surface area contributed by atoms with Crippen molar-refractivity contribution < 1.29 is 0 Å². The number of fused-ring (bicyclic) bond motifs is 1. The number of thiazole rings is 1. The Morgan fingerprint density at radius 3 is 2.81 bits per heavy atom. The maximum atomic E-state index is 8.88. The Hall–Kier alpha value is -2.45. The molecule has 0 radical (unpaired) electrons. The van der Waals surface area contributed by atoms with Crippen LogP contribution in [0, 0.1) is 11.3 Å². The number of hydrogen-bond donors (Lipinski definition) is 1. The molecule has 0 unspecified atom stereocenters. The molecule has 0 amide bonds. The highest BCUT2D eigenvalue weighted by Crippen LogP contribution is 2.30. The summed E-state index contributed by atoms with van der Waals surface area (Å²) < 4.78 is 1.15. The molecule has 21 heavy (non-hydrogen) atoms. The van der Waals surface area contributed by atoms with Gasteiger partial charge in [-0.3, -0.25) is 0 Å². The molecule has 0 spiro atoms. The second-order valence-electron chi connectivity index (χ2n) is 5.03. The van der Waals surface area contributed by atoms with Crippen LogP contribution in [0.2, 0.25) is 0 Å². The number of anilines is 2. The van der Waals surface area contributed by atoms with Gasteiger partial charge in [-0.15, -0.1) is 11.3 Å². The monoisotopic (exact) mass is 294 g/mol. The molecule has 104 valence electrons. The van der Waals surface area contributed by atoms with Gasteiger partial charge in [0.1, 0.15) is 17.6 Å². The van der Waals surface area contributed by atoms with Gasteiger partial charge in [-0.1, -0.05) is 19.9 Å². The van der Waals surface area contributed by atoms with E-state index in [9.17, 15) is 0 Å². The van der Waals surface area contributed by atoms with Crippen LogP contribution in [0.4, 0.5) is 11.5 Å². The van der Waals surface area contributed by atoms with Gasteiger partial charge in [-0.05, 0) is 30.3 Å². The van der Waals surface area contributed by atoms with E-state index in [1.807, 2.05) is 30.3 Å². The van der Waals surface area contributed by atoms with Crippen LogP contribution >= 0.6 is 11.3 Å². The zero-order chi connectivity index (χ0) is 14.8. The Morgan fingerprint density at radius 1 is 1.19 bits per heavy atom. The van der Waals surface area contributed by atoms with Crippen molar-refractivity contribution in [3.8, 4) is 6.07 Å². The minimum absolute atomic E-state index is 0.404. The van der Waals surface area contributed by atoms with Crippen LogP contribution in [0.25, 0.3) is 10.2 Å². The summed E-state index contributed by atoms with van der Waals surface area (Å²) in [7, 11) is 0. The molecular formula is C16H14N4S. The average Bonchev–Trinajstić information content (AvgIpc) is 2.91. The van der Waals surface area contributed by atoms with E-state index in [0.29, 0.717) is 17.4 Å². The minimum Gasteiger partial charge on any atom is -0.340 e. The molecule has 1 N–H and O–H groups in total. The summed E-state index contributed by atoms with van der Waals surface area (Å²) in [6.07, 6.45) is 0. The number of pyridine rings is 1. The van der Waals surface area contributed by atoms with E-state index < -0.39 is 0 Å². The predicted octanol–water partition coefficient (Wildman–Crippen LogP) is 4.43. The molecule has 3 rings (SSSR count). The van der Waals surface area contributed by atoms with Crippen LogP contribution in [0.3, 0.4) is 0 Å². The number of hydrogen-bond acceptors (Lipinski definition) is 5. The summed E-state index contributed by atoms with van der Waals surface area (Å²) in [5.74, 6) is 1.11. The highest BCUT2D eigenvalue weighted by atomic mass is 32.1. The molecule has 0 aliphatic heterocycles. The van der Waals surface area contributed by atoms with Crippen LogP contribution < -0.4 is 5.32 Å². The predicted molar refractivity (Wildman–Crippen MR) is 85.9 cm³/mol. The van der Waals surface area contributed by atoms with Gasteiger partial charge in [0.2, 0.25) is 0 Å². The molecule has 0 saturated heterocycles. The molecule has 0 fully saturated rings. The Morgan fingerprint density at radius 2 is 2.05 bits per heavy atom. The number of nitrogens with zero attached hydrogens (tertiary/aromatic N) is 3. The number of nitriles is 1. The fraction of sp³-hybridized carbons (Fsp3) is 0.188. The topological polar surface area (TPSA) is 61.6 Å². The van der Waals surface area contributed by atoms with Crippen LogP contribution in [0.1, 0.15) is 30.5 Å². The first-order chi connectivity index (χ1) is 10.2. The lowest BCUT2D eigenvalue weighted by molar-refractivity contribution is 0.857. The van der Waals surface area contributed by atoms with E-state index in [1.165, 1.54) is 0 Å². The number of aromatic nitrogens is 2. The van der Waals surface area contributed by atoms with Gasteiger partial charge in [0, 0.05) is 11.6 Å². The largest absolute Gasteiger partial charge is 0.340 e. The Labute approximate surface area is 127 Å². The van der Waals surface area contributed by atoms with Crippen LogP contribution in [-0.4, -0.2) is 9.97 Å². The van der Waals surface area contributed by atoms with Crippen molar-refractivity contribution in [3.63, 3.8) is 0 Å². The third kappa shape index (κ3) is 2.86. The van der Waals surface area contributed by atoms with Crippen molar-refractivity contribution in [3.05, 3.63) is 47.1 Å². The lowest BCUT2D eigenvalue weighted by Crippen LogP contribution is -1.94. The molecule has 5 heteroatoms. The standard InChI is InChI=1S/C16H14N4S/c1-10(2)16-20-13-7-6-11(8-14(13)21-16)18-15-5-3-4-12(9-17)19-15/h3-8,10H,1-2H3,(H,18,19). The van der Waals surface area contributed by atoms with E-state index in [0.717, 1.165) is 20.9 Å². The van der Waals surface area contributed by atoms with Crippen molar-refractivity contribution >= 4 is 33.1 Å². The van der Waals surface area contributed by atoms with Gasteiger partial charge in [0.05, 0.1) is 15.2 Å². The molecule has 4 nitrogen and oxygen atoms in total. The highest BCUT2D eigenvalue weighted by Gasteiger charge is 2.08. The Bertz CT molecular complexity index is 830. The maximum Gasteiger partial charge on any atom is 0.142 e. The van der Waals surface area contributed by atoms with Crippen molar-refractivity contribution in [2.45, 2.75) is 19.8 Å². The number of nitrogens with one attached hydrogen (secondary N) is 1. The molecule has 0 saturated carbocycles. The van der Waals surface area contributed by atoms with Crippen molar-refractivity contribution in [2.75, 3.05) is 5.32 Å². The Kier molecular flexibility index (Phi) is 3.55. The molecule has 0 bridgehead atoms. The van der Waals surface area contributed by atoms with Crippen LogP contribution in [0.5, 0.6) is 0 Å². The third-order valence-corrected chi connectivity index (χ3v) is 4.35. The lowest BCUT2D eigenvalue weighted by Gasteiger charge is -2.05. The molecule has 0 aliphatic rings. The molecule has 0 aliphatic carbocycles. The molecule has 1 aromatic carbocycles. The van der Waals surface area contributed by atoms with Crippen molar-refractivity contribution in [1.29, 1.82) is 5.26 Å². The van der Waals surface area contributed by atoms with E-state index in [-0.39, 0.29) is 0 Å². The molecule has 3 aromatic rings. The van der Waals surface area contributed by atoms with Gasteiger partial charge < -0.3 is 5.32 Å². The van der Waals surface area contributed by atoms with Gasteiger partial charge in [-0.2, -0.15) is 5.26 Å². The fourth-order valence-electron chi connectivity index (χ4n) is 1.98. The van der Waals surface area contributed by atoms with E-state index in [1.54, 1.807) is 17.4 Å². The molecular weight excluding hydrogens is 280 g/mol. The van der Waals surface area contributed by atoms with Crippen molar-refractivity contribution in [2.24, 2.45) is 0 Å². The first-order valence-electron chi connectivity index (χ1n) is 6.70.